The van der Waals surface area contributed by atoms with Gasteiger partial charge in [0.1, 0.15) is 0 Å². The van der Waals surface area contributed by atoms with Gasteiger partial charge in [-0.15, -0.1) is 0 Å². The quantitative estimate of drug-likeness (QED) is 0.903. The van der Waals surface area contributed by atoms with E-state index in [0.29, 0.717) is 17.6 Å². The Hall–Kier alpha value is -2.15. The highest BCUT2D eigenvalue weighted by molar-refractivity contribution is 5.42. The SMILES string of the molecule is Cc1ccc(C2(O)CC3CCCC(C2)N3Cc2ccccc2)cc1C#N. The molecule has 2 saturated heterocycles. The molecule has 0 aromatic heterocycles. The van der Waals surface area contributed by atoms with E-state index in [4.69, 9.17) is 0 Å². The molecule has 2 atom stereocenters. The number of hydrogen-bond acceptors (Lipinski definition) is 3. The zero-order valence-corrected chi connectivity index (χ0v) is 15.4. The van der Waals surface area contributed by atoms with E-state index in [-0.39, 0.29) is 0 Å². The van der Waals surface area contributed by atoms with Gasteiger partial charge >= 0.3 is 0 Å². The lowest BCUT2D eigenvalue weighted by Crippen LogP contribution is -2.56. The summed E-state index contributed by atoms with van der Waals surface area (Å²) in [5.41, 5.74) is 3.09. The van der Waals surface area contributed by atoms with Crippen molar-refractivity contribution in [3.8, 4) is 6.07 Å². The van der Waals surface area contributed by atoms with Crippen molar-refractivity contribution in [3.05, 3.63) is 70.8 Å². The highest BCUT2D eigenvalue weighted by Gasteiger charge is 2.46. The second-order valence-corrected chi connectivity index (χ2v) is 7.98. The monoisotopic (exact) mass is 346 g/mol. The average molecular weight is 346 g/mol. The number of benzene rings is 2. The molecule has 2 fully saturated rings. The predicted octanol–water partition coefficient (Wildman–Crippen LogP) is 4.27. The fraction of sp³-hybridized carbons (Fsp3) is 0.435. The lowest BCUT2D eigenvalue weighted by atomic mass is 9.72. The smallest absolute Gasteiger partial charge is 0.0994 e. The van der Waals surface area contributed by atoms with Crippen LogP contribution < -0.4 is 0 Å². The molecule has 3 heteroatoms. The van der Waals surface area contributed by atoms with Gasteiger partial charge in [0.25, 0.3) is 0 Å². The number of aryl methyl sites for hydroxylation is 1. The minimum absolute atomic E-state index is 0.402. The van der Waals surface area contributed by atoms with Crippen LogP contribution in [0, 0.1) is 18.3 Å². The van der Waals surface area contributed by atoms with Crippen molar-refractivity contribution in [2.24, 2.45) is 0 Å². The summed E-state index contributed by atoms with van der Waals surface area (Å²) < 4.78 is 0. The summed E-state index contributed by atoms with van der Waals surface area (Å²) in [6, 6.07) is 19.6. The van der Waals surface area contributed by atoms with E-state index < -0.39 is 5.60 Å². The maximum Gasteiger partial charge on any atom is 0.0994 e. The van der Waals surface area contributed by atoms with Gasteiger partial charge in [-0.3, -0.25) is 4.90 Å². The summed E-state index contributed by atoms with van der Waals surface area (Å²) in [5, 5.41) is 20.9. The summed E-state index contributed by atoms with van der Waals surface area (Å²) in [5.74, 6) is 0. The molecule has 2 aromatic carbocycles. The van der Waals surface area contributed by atoms with Crippen LogP contribution in [-0.2, 0) is 12.1 Å². The number of hydrogen-bond donors (Lipinski definition) is 1. The fourth-order valence-electron chi connectivity index (χ4n) is 4.84. The molecule has 0 amide bonds. The molecule has 2 aliphatic heterocycles. The van der Waals surface area contributed by atoms with E-state index in [1.807, 2.05) is 25.1 Å². The van der Waals surface area contributed by atoms with Crippen molar-refractivity contribution in [1.29, 1.82) is 5.26 Å². The summed E-state index contributed by atoms with van der Waals surface area (Å²) >= 11 is 0. The van der Waals surface area contributed by atoms with E-state index in [0.717, 1.165) is 43.4 Å². The maximum atomic E-state index is 11.5. The standard InChI is InChI=1S/C23H26N2O/c1-17-10-11-20(12-19(17)15-24)23(26)13-21-8-5-9-22(14-23)25(21)16-18-6-3-2-4-7-18/h2-4,6-7,10-12,21-22,26H,5,8-9,13-14,16H2,1H3. The zero-order chi connectivity index (χ0) is 18.1. The van der Waals surface area contributed by atoms with Crippen LogP contribution in [0.5, 0.6) is 0 Å². The van der Waals surface area contributed by atoms with E-state index in [1.54, 1.807) is 0 Å². The average Bonchev–Trinajstić information content (AvgIpc) is 2.64. The van der Waals surface area contributed by atoms with Gasteiger partial charge in [0.15, 0.2) is 0 Å². The Bertz CT molecular complexity index is 810. The largest absolute Gasteiger partial charge is 0.385 e. The number of rotatable bonds is 3. The van der Waals surface area contributed by atoms with Crippen LogP contribution in [0.15, 0.2) is 48.5 Å². The first-order valence-corrected chi connectivity index (χ1v) is 9.62. The summed E-state index contributed by atoms with van der Waals surface area (Å²) in [4.78, 5) is 2.60. The van der Waals surface area contributed by atoms with Gasteiger partial charge in [-0.25, -0.2) is 0 Å². The molecule has 0 spiro atoms. The zero-order valence-electron chi connectivity index (χ0n) is 15.4. The van der Waals surface area contributed by atoms with Crippen molar-refractivity contribution in [2.45, 2.75) is 63.3 Å². The third-order valence-electron chi connectivity index (χ3n) is 6.26. The van der Waals surface area contributed by atoms with Crippen LogP contribution in [0.3, 0.4) is 0 Å². The Kier molecular flexibility index (Phi) is 4.56. The Labute approximate surface area is 155 Å². The molecule has 0 saturated carbocycles. The van der Waals surface area contributed by atoms with Crippen LogP contribution in [0.25, 0.3) is 0 Å². The molecule has 0 aliphatic carbocycles. The van der Waals surface area contributed by atoms with Crippen LogP contribution >= 0.6 is 0 Å². The Morgan fingerprint density at radius 2 is 1.81 bits per heavy atom. The topological polar surface area (TPSA) is 47.3 Å². The van der Waals surface area contributed by atoms with E-state index in [2.05, 4.69) is 41.3 Å². The van der Waals surface area contributed by atoms with Gasteiger partial charge in [-0.1, -0.05) is 48.9 Å². The Morgan fingerprint density at radius 1 is 1.12 bits per heavy atom. The second kappa shape index (κ2) is 6.87. The summed E-state index contributed by atoms with van der Waals surface area (Å²) in [6.45, 7) is 2.91. The molecule has 0 radical (unpaired) electrons. The summed E-state index contributed by atoms with van der Waals surface area (Å²) in [7, 11) is 0. The lowest BCUT2D eigenvalue weighted by Gasteiger charge is -2.52. The highest BCUT2D eigenvalue weighted by atomic mass is 16.3. The minimum Gasteiger partial charge on any atom is -0.385 e. The molecular formula is C23H26N2O. The molecular weight excluding hydrogens is 320 g/mol. The number of piperidine rings is 2. The van der Waals surface area contributed by atoms with Crippen LogP contribution in [0.4, 0.5) is 0 Å². The molecule has 2 aromatic rings. The van der Waals surface area contributed by atoms with E-state index in [9.17, 15) is 10.4 Å². The van der Waals surface area contributed by atoms with Gasteiger partial charge < -0.3 is 5.11 Å². The Balaban J connectivity index is 1.60. The molecule has 2 aliphatic rings. The van der Waals surface area contributed by atoms with E-state index >= 15 is 0 Å². The van der Waals surface area contributed by atoms with Crippen LogP contribution in [0.2, 0.25) is 0 Å². The number of nitrogens with zero attached hydrogens (tertiary/aromatic N) is 2. The molecule has 3 nitrogen and oxygen atoms in total. The molecule has 134 valence electrons. The third kappa shape index (κ3) is 3.16. The van der Waals surface area contributed by atoms with Gasteiger partial charge in [0.05, 0.1) is 17.2 Å². The molecule has 4 rings (SSSR count). The number of aliphatic hydroxyl groups is 1. The molecule has 26 heavy (non-hydrogen) atoms. The first kappa shape index (κ1) is 17.3. The molecule has 2 bridgehead atoms. The number of fused-ring (bicyclic) bond motifs is 2. The van der Waals surface area contributed by atoms with Crippen molar-refractivity contribution in [3.63, 3.8) is 0 Å². The van der Waals surface area contributed by atoms with Gasteiger partial charge in [-0.05, 0) is 55.4 Å². The highest BCUT2D eigenvalue weighted by Crippen LogP contribution is 2.45. The van der Waals surface area contributed by atoms with Gasteiger partial charge in [0, 0.05) is 18.6 Å². The van der Waals surface area contributed by atoms with E-state index in [1.165, 1.54) is 12.0 Å². The van der Waals surface area contributed by atoms with Gasteiger partial charge in [0.2, 0.25) is 0 Å². The summed E-state index contributed by atoms with van der Waals surface area (Å²) in [6.07, 6.45) is 5.04. The first-order chi connectivity index (χ1) is 12.6. The fourth-order valence-corrected chi connectivity index (χ4v) is 4.84. The number of nitriles is 1. The second-order valence-electron chi connectivity index (χ2n) is 7.98. The molecule has 2 unspecified atom stereocenters. The lowest BCUT2D eigenvalue weighted by molar-refractivity contribution is -0.0999. The first-order valence-electron chi connectivity index (χ1n) is 9.62. The minimum atomic E-state index is -0.817. The normalized spacial score (nSPS) is 28.5. The molecule has 2 heterocycles. The Morgan fingerprint density at radius 3 is 2.46 bits per heavy atom. The third-order valence-corrected chi connectivity index (χ3v) is 6.26. The maximum absolute atomic E-state index is 11.5. The van der Waals surface area contributed by atoms with Gasteiger partial charge in [-0.2, -0.15) is 5.26 Å². The van der Waals surface area contributed by atoms with Crippen LogP contribution in [0.1, 0.15) is 54.4 Å². The van der Waals surface area contributed by atoms with Crippen molar-refractivity contribution < 1.29 is 5.11 Å². The van der Waals surface area contributed by atoms with Crippen molar-refractivity contribution in [2.75, 3.05) is 0 Å². The van der Waals surface area contributed by atoms with Crippen molar-refractivity contribution in [1.82, 2.24) is 4.90 Å². The van der Waals surface area contributed by atoms with Crippen LogP contribution in [-0.4, -0.2) is 22.1 Å². The predicted molar refractivity (Wildman–Crippen MR) is 102 cm³/mol. The molecule has 1 N–H and O–H groups in total. The van der Waals surface area contributed by atoms with Crippen molar-refractivity contribution >= 4 is 0 Å².